The predicted octanol–water partition coefficient (Wildman–Crippen LogP) is 1.09. The molecule has 0 unspecified atom stereocenters. The SMILES string of the molecule is CN(Cc1ncc[nH]1)C(=O)c1ccc(O)cc1O. The monoisotopic (exact) mass is 247 g/mol. The van der Waals surface area contributed by atoms with E-state index in [-0.39, 0.29) is 23.0 Å². The normalized spacial score (nSPS) is 10.3. The summed E-state index contributed by atoms with van der Waals surface area (Å²) in [6, 6.07) is 3.87. The molecule has 0 saturated heterocycles. The molecule has 0 aliphatic rings. The molecule has 0 aliphatic heterocycles. The molecular formula is C12H13N3O3. The zero-order valence-electron chi connectivity index (χ0n) is 9.79. The quantitative estimate of drug-likeness (QED) is 0.757. The number of imidazole rings is 1. The summed E-state index contributed by atoms with van der Waals surface area (Å²) in [4.78, 5) is 20.4. The van der Waals surface area contributed by atoms with Crippen LogP contribution in [0.1, 0.15) is 16.2 Å². The molecule has 6 heteroatoms. The summed E-state index contributed by atoms with van der Waals surface area (Å²) in [6.07, 6.45) is 3.28. The van der Waals surface area contributed by atoms with Gasteiger partial charge in [-0.1, -0.05) is 0 Å². The van der Waals surface area contributed by atoms with Gasteiger partial charge in [-0.3, -0.25) is 4.79 Å². The van der Waals surface area contributed by atoms with E-state index in [0.717, 1.165) is 6.07 Å². The Kier molecular flexibility index (Phi) is 3.18. The van der Waals surface area contributed by atoms with Gasteiger partial charge < -0.3 is 20.1 Å². The highest BCUT2D eigenvalue weighted by atomic mass is 16.3. The molecular weight excluding hydrogens is 234 g/mol. The van der Waals surface area contributed by atoms with Crippen molar-refractivity contribution in [3.63, 3.8) is 0 Å². The number of nitrogens with one attached hydrogen (secondary N) is 1. The van der Waals surface area contributed by atoms with Gasteiger partial charge in [-0.2, -0.15) is 0 Å². The summed E-state index contributed by atoms with van der Waals surface area (Å²) < 4.78 is 0. The topological polar surface area (TPSA) is 89.5 Å². The van der Waals surface area contributed by atoms with Crippen molar-refractivity contribution in [2.24, 2.45) is 0 Å². The first-order chi connectivity index (χ1) is 8.58. The van der Waals surface area contributed by atoms with Crippen molar-refractivity contribution in [2.45, 2.75) is 6.54 Å². The number of H-pyrrole nitrogens is 1. The Labute approximate surface area is 104 Å². The van der Waals surface area contributed by atoms with Crippen molar-refractivity contribution in [2.75, 3.05) is 7.05 Å². The molecule has 0 saturated carbocycles. The Hall–Kier alpha value is -2.50. The summed E-state index contributed by atoms with van der Waals surface area (Å²) >= 11 is 0. The lowest BCUT2D eigenvalue weighted by atomic mass is 10.1. The zero-order valence-corrected chi connectivity index (χ0v) is 9.79. The number of nitrogens with zero attached hydrogens (tertiary/aromatic N) is 2. The number of amides is 1. The molecule has 1 heterocycles. The number of aromatic nitrogens is 2. The number of phenolic OH excluding ortho intramolecular Hbond substituents is 2. The van der Waals surface area contributed by atoms with Crippen LogP contribution in [0.3, 0.4) is 0 Å². The lowest BCUT2D eigenvalue weighted by Gasteiger charge is -2.16. The Bertz CT molecular complexity index is 552. The van der Waals surface area contributed by atoms with Gasteiger partial charge in [-0.15, -0.1) is 0 Å². The highest BCUT2D eigenvalue weighted by Crippen LogP contribution is 2.23. The second kappa shape index (κ2) is 4.79. The van der Waals surface area contributed by atoms with Gasteiger partial charge in [0.15, 0.2) is 0 Å². The molecule has 3 N–H and O–H groups in total. The fraction of sp³-hybridized carbons (Fsp3) is 0.167. The van der Waals surface area contributed by atoms with Crippen LogP contribution in [0.2, 0.25) is 0 Å². The highest BCUT2D eigenvalue weighted by molar-refractivity contribution is 5.96. The number of aromatic hydroxyl groups is 2. The molecule has 1 amide bonds. The molecule has 0 atom stereocenters. The van der Waals surface area contributed by atoms with Crippen molar-refractivity contribution in [3.05, 3.63) is 42.0 Å². The van der Waals surface area contributed by atoms with E-state index in [0.29, 0.717) is 12.4 Å². The number of hydrogen-bond donors (Lipinski definition) is 3. The maximum Gasteiger partial charge on any atom is 0.257 e. The van der Waals surface area contributed by atoms with E-state index in [2.05, 4.69) is 9.97 Å². The Morgan fingerprint density at radius 1 is 1.44 bits per heavy atom. The standard InChI is InChI=1S/C12H13N3O3/c1-15(7-11-13-4-5-14-11)12(18)9-3-2-8(16)6-10(9)17/h2-6,16-17H,7H2,1H3,(H,13,14). The van der Waals surface area contributed by atoms with Crippen molar-refractivity contribution in [1.82, 2.24) is 14.9 Å². The summed E-state index contributed by atoms with van der Waals surface area (Å²) in [5.74, 6) is -0.0166. The summed E-state index contributed by atoms with van der Waals surface area (Å²) in [5.41, 5.74) is 0.141. The maximum absolute atomic E-state index is 12.0. The third kappa shape index (κ3) is 2.42. The van der Waals surface area contributed by atoms with Crippen molar-refractivity contribution in [3.8, 4) is 11.5 Å². The Morgan fingerprint density at radius 2 is 2.22 bits per heavy atom. The lowest BCUT2D eigenvalue weighted by molar-refractivity contribution is 0.0779. The van der Waals surface area contributed by atoms with Crippen LogP contribution >= 0.6 is 0 Å². The number of benzene rings is 1. The van der Waals surface area contributed by atoms with E-state index in [1.807, 2.05) is 0 Å². The summed E-state index contributed by atoms with van der Waals surface area (Å²) in [6.45, 7) is 0.312. The van der Waals surface area contributed by atoms with E-state index in [9.17, 15) is 9.90 Å². The van der Waals surface area contributed by atoms with Crippen LogP contribution in [0, 0.1) is 0 Å². The van der Waals surface area contributed by atoms with Gasteiger partial charge in [-0.05, 0) is 12.1 Å². The van der Waals surface area contributed by atoms with Gasteiger partial charge in [0.1, 0.15) is 17.3 Å². The maximum atomic E-state index is 12.0. The van der Waals surface area contributed by atoms with E-state index in [1.165, 1.54) is 17.0 Å². The minimum atomic E-state index is -0.344. The number of aromatic amines is 1. The second-order valence-corrected chi connectivity index (χ2v) is 3.90. The van der Waals surface area contributed by atoms with E-state index < -0.39 is 0 Å². The van der Waals surface area contributed by atoms with Crippen molar-refractivity contribution < 1.29 is 15.0 Å². The predicted molar refractivity (Wildman–Crippen MR) is 64.2 cm³/mol. The van der Waals surface area contributed by atoms with Gasteiger partial charge in [-0.25, -0.2) is 4.98 Å². The molecule has 0 bridgehead atoms. The van der Waals surface area contributed by atoms with Crippen LogP contribution in [0.5, 0.6) is 11.5 Å². The fourth-order valence-electron chi connectivity index (χ4n) is 1.59. The molecule has 0 spiro atoms. The second-order valence-electron chi connectivity index (χ2n) is 3.90. The van der Waals surface area contributed by atoms with Crippen LogP contribution in [-0.2, 0) is 6.54 Å². The van der Waals surface area contributed by atoms with Gasteiger partial charge >= 0.3 is 0 Å². The van der Waals surface area contributed by atoms with Gasteiger partial charge in [0.25, 0.3) is 5.91 Å². The van der Waals surface area contributed by atoms with Crippen LogP contribution in [0.4, 0.5) is 0 Å². The van der Waals surface area contributed by atoms with Crippen LogP contribution in [-0.4, -0.2) is 38.0 Å². The molecule has 2 rings (SSSR count). The largest absolute Gasteiger partial charge is 0.508 e. The van der Waals surface area contributed by atoms with E-state index >= 15 is 0 Å². The molecule has 0 aliphatic carbocycles. The van der Waals surface area contributed by atoms with E-state index in [1.54, 1.807) is 19.4 Å². The average molecular weight is 247 g/mol. The third-order valence-electron chi connectivity index (χ3n) is 2.50. The van der Waals surface area contributed by atoms with Gasteiger partial charge in [0.2, 0.25) is 0 Å². The fourth-order valence-corrected chi connectivity index (χ4v) is 1.59. The first-order valence-electron chi connectivity index (χ1n) is 5.33. The molecule has 1 aromatic carbocycles. The minimum absolute atomic E-state index is 0.0854. The molecule has 2 aromatic rings. The minimum Gasteiger partial charge on any atom is -0.508 e. The van der Waals surface area contributed by atoms with Gasteiger partial charge in [0, 0.05) is 25.5 Å². The van der Waals surface area contributed by atoms with Crippen molar-refractivity contribution in [1.29, 1.82) is 0 Å². The van der Waals surface area contributed by atoms with Crippen LogP contribution in [0.15, 0.2) is 30.6 Å². The molecule has 6 nitrogen and oxygen atoms in total. The number of rotatable bonds is 3. The smallest absolute Gasteiger partial charge is 0.257 e. The molecule has 1 aromatic heterocycles. The summed E-state index contributed by atoms with van der Waals surface area (Å²) in [7, 11) is 1.61. The third-order valence-corrected chi connectivity index (χ3v) is 2.50. The Balaban J connectivity index is 2.15. The number of phenols is 2. The Morgan fingerprint density at radius 3 is 2.83 bits per heavy atom. The zero-order chi connectivity index (χ0) is 13.1. The van der Waals surface area contributed by atoms with Gasteiger partial charge in [0.05, 0.1) is 12.1 Å². The summed E-state index contributed by atoms with van der Waals surface area (Å²) in [5, 5.41) is 18.8. The number of carbonyl (C=O) groups excluding carboxylic acids is 1. The molecule has 18 heavy (non-hydrogen) atoms. The van der Waals surface area contributed by atoms with E-state index in [4.69, 9.17) is 5.11 Å². The van der Waals surface area contributed by atoms with Crippen LogP contribution in [0.25, 0.3) is 0 Å². The lowest BCUT2D eigenvalue weighted by Crippen LogP contribution is -2.26. The average Bonchev–Trinajstić information content (AvgIpc) is 2.81. The molecule has 94 valence electrons. The van der Waals surface area contributed by atoms with Crippen molar-refractivity contribution >= 4 is 5.91 Å². The first-order valence-corrected chi connectivity index (χ1v) is 5.33. The van der Waals surface area contributed by atoms with Crippen LogP contribution < -0.4 is 0 Å². The molecule has 0 radical (unpaired) electrons. The number of hydrogen-bond acceptors (Lipinski definition) is 4. The first kappa shape index (κ1) is 12.0. The molecule has 0 fully saturated rings. The number of carbonyl (C=O) groups is 1. The highest BCUT2D eigenvalue weighted by Gasteiger charge is 2.16.